The number of carbonyl (C=O) groups is 1. The molecule has 0 aromatic rings. The van der Waals surface area contributed by atoms with Gasteiger partial charge in [-0.15, -0.1) is 0 Å². The van der Waals surface area contributed by atoms with E-state index in [0.717, 1.165) is 0 Å². The van der Waals surface area contributed by atoms with Crippen LogP contribution in [0.15, 0.2) is 0 Å². The van der Waals surface area contributed by atoms with Crippen molar-refractivity contribution in [3.05, 3.63) is 0 Å². The van der Waals surface area contributed by atoms with E-state index < -0.39 is 18.6 Å². The lowest BCUT2D eigenvalue weighted by Gasteiger charge is -2.05. The Morgan fingerprint density at radius 3 is 2.50 bits per heavy atom. The molecule has 0 bridgehead atoms. The SMILES string of the molecule is N[C@@H](CCC=P(O)(O)S)C(=O)O. The van der Waals surface area contributed by atoms with Crippen molar-refractivity contribution in [3.8, 4) is 0 Å². The van der Waals surface area contributed by atoms with Gasteiger partial charge in [0.05, 0.1) is 0 Å². The van der Waals surface area contributed by atoms with Gasteiger partial charge in [-0.3, -0.25) is 4.79 Å². The number of hydrogen-bond acceptors (Lipinski definition) is 5. The number of carboxylic acid groups (broad SMARTS) is 1. The van der Waals surface area contributed by atoms with Crippen molar-refractivity contribution in [2.75, 3.05) is 0 Å². The molecule has 0 saturated heterocycles. The van der Waals surface area contributed by atoms with Crippen molar-refractivity contribution in [1.82, 2.24) is 0 Å². The van der Waals surface area contributed by atoms with Gasteiger partial charge in [0.25, 0.3) is 0 Å². The number of carboxylic acids is 1. The Bertz CT molecular complexity index is 205. The van der Waals surface area contributed by atoms with Crippen LogP contribution in [-0.2, 0) is 4.79 Å². The van der Waals surface area contributed by atoms with E-state index in [2.05, 4.69) is 12.2 Å². The minimum absolute atomic E-state index is 0.179. The van der Waals surface area contributed by atoms with Crippen LogP contribution < -0.4 is 5.73 Å². The van der Waals surface area contributed by atoms with E-state index in [4.69, 9.17) is 20.6 Å². The van der Waals surface area contributed by atoms with Gasteiger partial charge in [-0.25, -0.2) is 0 Å². The Kier molecular flexibility index (Phi) is 4.89. The van der Waals surface area contributed by atoms with E-state index in [0.29, 0.717) is 0 Å². The molecule has 0 unspecified atom stereocenters. The molecule has 0 fully saturated rings. The molecule has 0 heterocycles. The summed E-state index contributed by atoms with van der Waals surface area (Å²) in [6.45, 7) is -3.18. The Balaban J connectivity index is 3.79. The van der Waals surface area contributed by atoms with Crippen molar-refractivity contribution >= 4 is 30.6 Å². The molecule has 0 spiro atoms. The van der Waals surface area contributed by atoms with Crippen LogP contribution in [0.1, 0.15) is 12.8 Å². The monoisotopic (exact) mass is 213 g/mol. The molecule has 0 rings (SSSR count). The van der Waals surface area contributed by atoms with Crippen molar-refractivity contribution in [3.63, 3.8) is 0 Å². The normalized spacial score (nSPS) is 14.0. The van der Waals surface area contributed by atoms with Gasteiger partial charge in [0.2, 0.25) is 0 Å². The maximum Gasteiger partial charge on any atom is 0.320 e. The zero-order valence-electron chi connectivity index (χ0n) is 6.29. The summed E-state index contributed by atoms with van der Waals surface area (Å²) in [7, 11) is 0. The second kappa shape index (κ2) is 4.89. The molecular formula is C5H12NO4PS. The number of rotatable bonds is 4. The smallest absolute Gasteiger partial charge is 0.320 e. The predicted molar refractivity (Wildman–Crippen MR) is 51.3 cm³/mol. The molecular weight excluding hydrogens is 201 g/mol. The van der Waals surface area contributed by atoms with E-state index in [1.165, 1.54) is 5.80 Å². The first-order chi connectivity index (χ1) is 5.33. The second-order valence-electron chi connectivity index (χ2n) is 2.32. The highest BCUT2D eigenvalue weighted by molar-refractivity contribution is 8.47. The molecule has 1 atom stereocenters. The largest absolute Gasteiger partial charge is 0.480 e. The molecule has 0 amide bonds. The van der Waals surface area contributed by atoms with Gasteiger partial charge in [-0.2, -0.15) is 0 Å². The van der Waals surface area contributed by atoms with Crippen molar-refractivity contribution in [2.45, 2.75) is 18.9 Å². The van der Waals surface area contributed by atoms with Crippen LogP contribution in [-0.4, -0.2) is 32.7 Å². The third-order valence-corrected chi connectivity index (χ3v) is 2.41. The molecule has 5 N–H and O–H groups in total. The van der Waals surface area contributed by atoms with E-state index in [9.17, 15) is 4.79 Å². The summed E-state index contributed by atoms with van der Waals surface area (Å²) in [5.41, 5.74) is 5.15. The summed E-state index contributed by atoms with van der Waals surface area (Å²) in [5, 5.41) is 8.34. The molecule has 12 heavy (non-hydrogen) atoms. The molecule has 72 valence electrons. The zero-order valence-corrected chi connectivity index (χ0v) is 8.08. The number of nitrogens with two attached hydrogens (primary N) is 1. The number of hydrogen-bond donors (Lipinski definition) is 5. The molecule has 5 nitrogen and oxygen atoms in total. The van der Waals surface area contributed by atoms with E-state index >= 15 is 0 Å². The molecule has 0 aliphatic rings. The Hall–Kier alpha value is 0. The minimum atomic E-state index is -3.18. The first kappa shape index (κ1) is 12.0. The molecule has 7 heteroatoms. The van der Waals surface area contributed by atoms with Gasteiger partial charge in [0, 0.05) is 0 Å². The number of aliphatic carboxylic acids is 1. The quantitative estimate of drug-likeness (QED) is 0.324. The first-order valence-electron chi connectivity index (χ1n) is 3.22. The topological polar surface area (TPSA) is 104 Å². The van der Waals surface area contributed by atoms with E-state index in [-0.39, 0.29) is 12.8 Å². The van der Waals surface area contributed by atoms with Crippen LogP contribution in [0.3, 0.4) is 0 Å². The lowest BCUT2D eigenvalue weighted by atomic mass is 10.2. The number of thiol groups is 1. The van der Waals surface area contributed by atoms with Crippen LogP contribution in [0.2, 0.25) is 0 Å². The fraction of sp³-hybridized carbons (Fsp3) is 0.600. The van der Waals surface area contributed by atoms with Gasteiger partial charge in [-0.1, -0.05) is 12.2 Å². The standard InChI is InChI=1S/C5H12NO4PS/c6-4(5(7)8)2-1-3-11(9,10)12/h3-4,9-10,12H,1-2,6H2,(H,7,8)/t4-/m0/s1. The highest BCUT2D eigenvalue weighted by Crippen LogP contribution is 2.41. The average molecular weight is 213 g/mol. The summed E-state index contributed by atoms with van der Waals surface area (Å²) < 4.78 is 0. The molecule has 0 aromatic heterocycles. The van der Waals surface area contributed by atoms with E-state index in [1.807, 2.05) is 0 Å². The van der Waals surface area contributed by atoms with Crippen molar-refractivity contribution < 1.29 is 19.7 Å². The average Bonchev–Trinajstić information content (AvgIpc) is 1.84. The predicted octanol–water partition coefficient (Wildman–Crippen LogP) is -0.342. The molecule has 0 radical (unpaired) electrons. The summed E-state index contributed by atoms with van der Waals surface area (Å²) in [6, 6.07) is -0.957. The summed E-state index contributed by atoms with van der Waals surface area (Å²) in [5.74, 6) is 0.0845. The Morgan fingerprint density at radius 1 is 1.67 bits per heavy atom. The van der Waals surface area contributed by atoms with Crippen LogP contribution in [0.25, 0.3) is 0 Å². The second-order valence-corrected chi connectivity index (χ2v) is 5.68. The van der Waals surface area contributed by atoms with Gasteiger partial charge in [0.1, 0.15) is 6.04 Å². The zero-order chi connectivity index (χ0) is 9.78. The lowest BCUT2D eigenvalue weighted by molar-refractivity contribution is -0.138. The summed E-state index contributed by atoms with van der Waals surface area (Å²) in [6.07, 6.45) is 0.413. The summed E-state index contributed by atoms with van der Waals surface area (Å²) in [4.78, 5) is 27.7. The Labute approximate surface area is 75.5 Å². The van der Waals surface area contributed by atoms with Crippen LogP contribution in [0, 0.1) is 0 Å². The molecule has 0 aromatic carbocycles. The molecule has 0 aliphatic heterocycles. The summed E-state index contributed by atoms with van der Waals surface area (Å²) >= 11 is 3.49. The van der Waals surface area contributed by atoms with Crippen LogP contribution in [0.4, 0.5) is 0 Å². The van der Waals surface area contributed by atoms with Gasteiger partial charge in [-0.05, 0) is 18.6 Å². The third-order valence-electron chi connectivity index (χ3n) is 1.17. The van der Waals surface area contributed by atoms with Crippen molar-refractivity contribution in [2.24, 2.45) is 5.73 Å². The van der Waals surface area contributed by atoms with Crippen LogP contribution >= 0.6 is 18.8 Å². The lowest BCUT2D eigenvalue weighted by Crippen LogP contribution is -2.29. The van der Waals surface area contributed by atoms with Gasteiger partial charge < -0.3 is 20.6 Å². The molecule has 0 aliphatic carbocycles. The third kappa shape index (κ3) is 6.69. The minimum Gasteiger partial charge on any atom is -0.480 e. The highest BCUT2D eigenvalue weighted by Gasteiger charge is 2.10. The maximum absolute atomic E-state index is 10.2. The molecule has 0 saturated carbocycles. The van der Waals surface area contributed by atoms with E-state index in [1.54, 1.807) is 0 Å². The maximum atomic E-state index is 10.2. The fourth-order valence-corrected chi connectivity index (χ4v) is 1.39. The fourth-order valence-electron chi connectivity index (χ4n) is 0.551. The highest BCUT2D eigenvalue weighted by atomic mass is 32.7. The Morgan fingerprint density at radius 2 is 2.17 bits per heavy atom. The first-order valence-corrected chi connectivity index (χ1v) is 6.14. The van der Waals surface area contributed by atoms with Gasteiger partial charge >= 0.3 is 5.97 Å². The van der Waals surface area contributed by atoms with Crippen molar-refractivity contribution in [1.29, 1.82) is 0 Å². The van der Waals surface area contributed by atoms with Crippen LogP contribution in [0.5, 0.6) is 0 Å². The van der Waals surface area contributed by atoms with Gasteiger partial charge in [0.15, 0.2) is 6.54 Å².